The van der Waals surface area contributed by atoms with Gasteiger partial charge < -0.3 is 9.42 Å². The molecule has 1 unspecified atom stereocenters. The molecule has 0 saturated heterocycles. The van der Waals surface area contributed by atoms with Gasteiger partial charge in [-0.05, 0) is 47.9 Å². The summed E-state index contributed by atoms with van der Waals surface area (Å²) in [5, 5.41) is 7.22. The average molecular weight is 576 g/mol. The number of aromatic nitrogens is 3. The summed E-state index contributed by atoms with van der Waals surface area (Å²) in [4.78, 5) is 30.0. The summed E-state index contributed by atoms with van der Waals surface area (Å²) in [6.07, 6.45) is -1.23. The van der Waals surface area contributed by atoms with Crippen molar-refractivity contribution in [2.75, 3.05) is 6.54 Å². The normalized spacial score (nSPS) is 18.7. The molecule has 0 spiro atoms. The maximum Gasteiger partial charge on any atom is 0.416 e. The molecule has 2 aromatic carbocycles. The molecule has 4 aromatic rings. The molecular formula is C25H17ClF3N5O4S. The number of carbonyl (C=O) groups is 1. The molecule has 0 radical (unpaired) electrons. The maximum atomic E-state index is 13.5. The highest BCUT2D eigenvalue weighted by Crippen LogP contribution is 2.34. The summed E-state index contributed by atoms with van der Waals surface area (Å²) in [7, 11) is -1.85. The van der Waals surface area contributed by atoms with Crippen LogP contribution in [0.15, 0.2) is 61.8 Å². The Morgan fingerprint density at radius 3 is 2.79 bits per heavy atom. The minimum Gasteiger partial charge on any atom is -0.381 e. The van der Waals surface area contributed by atoms with E-state index in [-0.39, 0.29) is 39.3 Å². The van der Waals surface area contributed by atoms with E-state index in [9.17, 15) is 27.0 Å². The van der Waals surface area contributed by atoms with Gasteiger partial charge in [0.15, 0.2) is 5.76 Å². The molecule has 1 N–H and O–H groups in total. The van der Waals surface area contributed by atoms with Crippen molar-refractivity contribution in [1.29, 1.82) is 0 Å². The Bertz CT molecular complexity index is 1800. The first kappa shape index (κ1) is 25.3. The van der Waals surface area contributed by atoms with Crippen molar-refractivity contribution in [3.8, 4) is 0 Å². The van der Waals surface area contributed by atoms with E-state index in [1.165, 1.54) is 29.1 Å². The van der Waals surface area contributed by atoms with Crippen molar-refractivity contribution in [3.63, 3.8) is 0 Å². The van der Waals surface area contributed by atoms with Gasteiger partial charge in [-0.2, -0.15) is 28.4 Å². The van der Waals surface area contributed by atoms with Crippen molar-refractivity contribution < 1.29 is 26.7 Å². The van der Waals surface area contributed by atoms with E-state index >= 15 is 0 Å². The van der Waals surface area contributed by atoms with E-state index in [2.05, 4.69) is 15.2 Å². The monoisotopic (exact) mass is 575 g/mol. The molecule has 2 aromatic heterocycles. The molecule has 0 aliphatic carbocycles. The van der Waals surface area contributed by atoms with Crippen LogP contribution in [0.3, 0.4) is 0 Å². The number of hydrogen-bond donors (Lipinski definition) is 1. The van der Waals surface area contributed by atoms with Crippen LogP contribution in [-0.4, -0.2) is 41.7 Å². The van der Waals surface area contributed by atoms with Gasteiger partial charge in [0.2, 0.25) is 5.17 Å². The predicted molar refractivity (Wildman–Crippen MR) is 137 cm³/mol. The summed E-state index contributed by atoms with van der Waals surface area (Å²) in [6.45, 7) is 0.387. The second kappa shape index (κ2) is 9.35. The van der Waals surface area contributed by atoms with E-state index in [0.29, 0.717) is 40.8 Å². The minimum atomic E-state index is -4.57. The van der Waals surface area contributed by atoms with Crippen LogP contribution in [0, 0.1) is 0 Å². The SMILES string of the molecule is O=C1N=C(N2CCc3c(o[nH]c3=O)C2)S(=O)C1=Cc1ccc2c(cnn2Cc2ccc(Cl)cc2C(F)(F)F)c1. The molecule has 2 aliphatic rings. The van der Waals surface area contributed by atoms with Gasteiger partial charge in [0.05, 0.1) is 35.9 Å². The van der Waals surface area contributed by atoms with Crippen molar-refractivity contribution in [1.82, 2.24) is 19.8 Å². The standard InChI is InChI=1S/C25H17ClF3N5O4S/c26-16-3-2-14(18(9-16)25(27,28)29)11-34-19-4-1-13(7-15(19)10-30-34)8-21-23(36)31-24(39(21)37)33-6-5-17-20(12-33)38-32-22(17)35/h1-4,7-10H,5-6,11-12H2,(H,32,35). The lowest BCUT2D eigenvalue weighted by Crippen LogP contribution is -2.37. The number of carbonyl (C=O) groups excluding carboxylic acids is 1. The van der Waals surface area contributed by atoms with Gasteiger partial charge in [-0.15, -0.1) is 0 Å². The highest BCUT2D eigenvalue weighted by Gasteiger charge is 2.36. The van der Waals surface area contributed by atoms with Crippen LogP contribution < -0.4 is 5.56 Å². The highest BCUT2D eigenvalue weighted by molar-refractivity contribution is 8.05. The van der Waals surface area contributed by atoms with Crippen LogP contribution in [0.2, 0.25) is 5.02 Å². The summed E-state index contributed by atoms with van der Waals surface area (Å²) in [5.41, 5.74) is 0.536. The average Bonchev–Trinajstić information content (AvgIpc) is 3.55. The zero-order valence-corrected chi connectivity index (χ0v) is 21.4. The predicted octanol–water partition coefficient (Wildman–Crippen LogP) is 4.08. The first-order chi connectivity index (χ1) is 18.6. The molecular weight excluding hydrogens is 559 g/mol. The topological polar surface area (TPSA) is 114 Å². The smallest absolute Gasteiger partial charge is 0.381 e. The number of amides is 1. The second-order valence-corrected chi connectivity index (χ2v) is 10.8. The van der Waals surface area contributed by atoms with Crippen LogP contribution in [0.25, 0.3) is 17.0 Å². The molecule has 39 heavy (non-hydrogen) atoms. The van der Waals surface area contributed by atoms with Crippen LogP contribution in [0.5, 0.6) is 0 Å². The first-order valence-electron chi connectivity index (χ1n) is 11.6. The number of aliphatic imine (C=N–C) groups is 1. The second-order valence-electron chi connectivity index (χ2n) is 9.00. The first-order valence-corrected chi connectivity index (χ1v) is 13.1. The zero-order valence-electron chi connectivity index (χ0n) is 19.8. The van der Waals surface area contributed by atoms with E-state index < -0.39 is 28.4 Å². The fraction of sp³-hybridized carbons (Fsp3) is 0.200. The molecule has 14 heteroatoms. The Kier molecular flexibility index (Phi) is 6.07. The number of fused-ring (bicyclic) bond motifs is 2. The Labute approximate surface area is 225 Å². The molecule has 0 bridgehead atoms. The number of hydrogen-bond acceptors (Lipinski definition) is 6. The summed E-state index contributed by atoms with van der Waals surface area (Å²) >= 11 is 5.78. The fourth-order valence-corrected chi connectivity index (χ4v) is 6.02. The number of benzene rings is 2. The van der Waals surface area contributed by atoms with Gasteiger partial charge in [-0.3, -0.25) is 14.3 Å². The Morgan fingerprint density at radius 2 is 2.00 bits per heavy atom. The number of halogens is 4. The van der Waals surface area contributed by atoms with E-state index in [4.69, 9.17) is 16.1 Å². The number of aromatic amines is 1. The molecule has 6 rings (SSSR count). The molecule has 9 nitrogen and oxygen atoms in total. The van der Waals surface area contributed by atoms with Crippen molar-refractivity contribution in [2.45, 2.75) is 25.7 Å². The molecule has 200 valence electrons. The third-order valence-electron chi connectivity index (χ3n) is 6.55. The van der Waals surface area contributed by atoms with Gasteiger partial charge in [0.1, 0.15) is 15.7 Å². The van der Waals surface area contributed by atoms with Crippen molar-refractivity contribution >= 4 is 50.5 Å². The Hall–Kier alpha value is -3.97. The minimum absolute atomic E-state index is 0.00552. The van der Waals surface area contributed by atoms with Crippen LogP contribution in [0.1, 0.15) is 28.0 Å². The van der Waals surface area contributed by atoms with Gasteiger partial charge in [-0.25, -0.2) is 4.21 Å². The molecule has 1 atom stereocenters. The number of alkyl halides is 3. The highest BCUT2D eigenvalue weighted by atomic mass is 35.5. The molecule has 0 fully saturated rings. The fourth-order valence-electron chi connectivity index (χ4n) is 4.65. The van der Waals surface area contributed by atoms with Gasteiger partial charge in [0.25, 0.3) is 11.5 Å². The van der Waals surface area contributed by atoms with E-state index in [1.807, 2.05) is 0 Å². The van der Waals surface area contributed by atoms with Crippen LogP contribution >= 0.6 is 11.6 Å². The van der Waals surface area contributed by atoms with Crippen LogP contribution in [0.4, 0.5) is 13.2 Å². The number of nitrogens with one attached hydrogen (secondary N) is 1. The lowest BCUT2D eigenvalue weighted by molar-refractivity contribution is -0.138. The van der Waals surface area contributed by atoms with E-state index in [0.717, 1.165) is 6.07 Å². The summed E-state index contributed by atoms with van der Waals surface area (Å²) in [5.74, 6) is -0.220. The Morgan fingerprint density at radius 1 is 1.18 bits per heavy atom. The molecule has 1 amide bonds. The largest absolute Gasteiger partial charge is 0.416 e. The third kappa shape index (κ3) is 4.61. The molecule has 4 heterocycles. The van der Waals surface area contributed by atoms with Crippen molar-refractivity contribution in [2.24, 2.45) is 4.99 Å². The summed E-state index contributed by atoms with van der Waals surface area (Å²) in [6, 6.07) is 8.63. The van der Waals surface area contributed by atoms with E-state index in [1.54, 1.807) is 23.1 Å². The van der Waals surface area contributed by atoms with Gasteiger partial charge >= 0.3 is 6.18 Å². The van der Waals surface area contributed by atoms with Crippen molar-refractivity contribution in [3.05, 3.63) is 90.9 Å². The van der Waals surface area contributed by atoms with Crippen LogP contribution in [-0.2, 0) is 41.3 Å². The summed E-state index contributed by atoms with van der Waals surface area (Å²) < 4.78 is 60.3. The number of rotatable bonds is 3. The number of nitrogens with zero attached hydrogens (tertiary/aromatic N) is 4. The number of H-pyrrole nitrogens is 1. The molecule has 2 aliphatic heterocycles. The van der Waals surface area contributed by atoms with Gasteiger partial charge in [-0.1, -0.05) is 23.7 Å². The lowest BCUT2D eigenvalue weighted by atomic mass is 10.1. The van der Waals surface area contributed by atoms with Gasteiger partial charge in [0, 0.05) is 17.0 Å². The lowest BCUT2D eigenvalue weighted by Gasteiger charge is -2.25. The zero-order chi connectivity index (χ0) is 27.5. The third-order valence-corrected chi connectivity index (χ3v) is 8.16. The number of amidine groups is 1. The maximum absolute atomic E-state index is 13.5. The molecule has 0 saturated carbocycles. The quantitative estimate of drug-likeness (QED) is 0.368. The Balaban J connectivity index is 1.24.